The molecule has 5 aromatic rings. The van der Waals surface area contributed by atoms with E-state index in [0.717, 1.165) is 36.3 Å². The summed E-state index contributed by atoms with van der Waals surface area (Å²) in [5.74, 6) is 0.333. The van der Waals surface area contributed by atoms with E-state index < -0.39 is 0 Å². The van der Waals surface area contributed by atoms with Crippen LogP contribution in [0.4, 0.5) is 0 Å². The van der Waals surface area contributed by atoms with E-state index in [2.05, 4.69) is 50.8 Å². The molecular formula is C30H32N10O2. The third-order valence-corrected chi connectivity index (χ3v) is 6.97. The standard InChI is InChI=1S/C30H32N10O2/c1-4-38(5-2)14-12-32-30(41)24-8-6-7-22(15-24)26-18-34-40-13-11-27(35-29(26)40)23-9-10-25(17-31)28(16-23)42-21(3)19-39-20-33-36-37-39/h6-11,13,15-16,18,20-21H,4-5,12,14,19H2,1-3H3,(H,32,41). The van der Waals surface area contributed by atoms with Crippen LogP contribution in [-0.4, -0.2) is 77.9 Å². The van der Waals surface area contributed by atoms with E-state index in [-0.39, 0.29) is 12.0 Å². The first-order valence-electron chi connectivity index (χ1n) is 13.9. The van der Waals surface area contributed by atoms with Gasteiger partial charge in [-0.25, -0.2) is 14.2 Å². The number of nitriles is 1. The Bertz CT molecular complexity index is 1700. The highest BCUT2D eigenvalue weighted by Gasteiger charge is 2.15. The number of amides is 1. The van der Waals surface area contributed by atoms with Crippen molar-refractivity contribution in [3.63, 3.8) is 0 Å². The summed E-state index contributed by atoms with van der Waals surface area (Å²) in [5, 5.41) is 28.3. The van der Waals surface area contributed by atoms with Crippen molar-refractivity contribution in [2.24, 2.45) is 0 Å². The van der Waals surface area contributed by atoms with Crippen molar-refractivity contribution in [2.45, 2.75) is 33.4 Å². The summed E-state index contributed by atoms with van der Waals surface area (Å²) in [6, 6.07) is 16.9. The van der Waals surface area contributed by atoms with Crippen molar-refractivity contribution in [3.8, 4) is 34.2 Å². The monoisotopic (exact) mass is 564 g/mol. The number of ether oxygens (including phenoxy) is 1. The average molecular weight is 565 g/mol. The Hall–Kier alpha value is -5.15. The molecule has 0 fully saturated rings. The second-order valence-corrected chi connectivity index (χ2v) is 9.79. The molecule has 0 spiro atoms. The fourth-order valence-electron chi connectivity index (χ4n) is 4.68. The molecule has 1 atom stereocenters. The number of carbonyl (C=O) groups is 1. The van der Waals surface area contributed by atoms with Crippen LogP contribution in [0.3, 0.4) is 0 Å². The van der Waals surface area contributed by atoms with Crippen molar-refractivity contribution in [1.29, 1.82) is 5.26 Å². The summed E-state index contributed by atoms with van der Waals surface area (Å²) in [5.41, 5.74) is 4.76. The third kappa shape index (κ3) is 6.42. The zero-order valence-electron chi connectivity index (χ0n) is 23.8. The van der Waals surface area contributed by atoms with E-state index >= 15 is 0 Å². The molecule has 3 heterocycles. The predicted octanol–water partition coefficient (Wildman–Crippen LogP) is 3.46. The van der Waals surface area contributed by atoms with Crippen molar-refractivity contribution in [3.05, 3.63) is 78.4 Å². The highest BCUT2D eigenvalue weighted by molar-refractivity contribution is 5.96. The molecule has 42 heavy (non-hydrogen) atoms. The fourth-order valence-corrected chi connectivity index (χ4v) is 4.68. The van der Waals surface area contributed by atoms with Gasteiger partial charge in [0.1, 0.15) is 24.3 Å². The van der Waals surface area contributed by atoms with Gasteiger partial charge in [0, 0.05) is 36.0 Å². The molecule has 0 saturated carbocycles. The van der Waals surface area contributed by atoms with Gasteiger partial charge in [0.2, 0.25) is 0 Å². The summed E-state index contributed by atoms with van der Waals surface area (Å²) < 4.78 is 9.37. The smallest absolute Gasteiger partial charge is 0.251 e. The van der Waals surface area contributed by atoms with Gasteiger partial charge in [-0.15, -0.1) is 5.10 Å². The molecule has 0 aliphatic carbocycles. The summed E-state index contributed by atoms with van der Waals surface area (Å²) >= 11 is 0. The molecule has 5 rings (SSSR count). The fraction of sp³-hybridized carbons (Fsp3) is 0.300. The number of nitrogens with zero attached hydrogens (tertiary/aromatic N) is 9. The molecule has 0 aliphatic rings. The second-order valence-electron chi connectivity index (χ2n) is 9.79. The molecule has 0 saturated heterocycles. The van der Waals surface area contributed by atoms with Gasteiger partial charge in [-0.1, -0.05) is 32.0 Å². The Morgan fingerprint density at radius 2 is 2.00 bits per heavy atom. The van der Waals surface area contributed by atoms with Crippen molar-refractivity contribution in [1.82, 2.24) is 45.0 Å². The minimum absolute atomic E-state index is 0.117. The summed E-state index contributed by atoms with van der Waals surface area (Å²) in [7, 11) is 0. The molecule has 0 bridgehead atoms. The molecular weight excluding hydrogens is 532 g/mol. The summed E-state index contributed by atoms with van der Waals surface area (Å²) in [6.07, 6.45) is 4.82. The number of tetrazole rings is 1. The number of fused-ring (bicyclic) bond motifs is 1. The number of hydrogen-bond acceptors (Lipinski definition) is 9. The van der Waals surface area contributed by atoms with Crippen LogP contribution in [0.25, 0.3) is 28.0 Å². The zero-order chi connectivity index (χ0) is 29.5. The maximum atomic E-state index is 12.9. The lowest BCUT2D eigenvalue weighted by atomic mass is 10.0. The maximum Gasteiger partial charge on any atom is 0.251 e. The number of likely N-dealkylation sites (N-methyl/N-ethyl adjacent to an activating group) is 1. The number of rotatable bonds is 12. The van der Waals surface area contributed by atoms with Crippen LogP contribution in [0, 0.1) is 11.3 Å². The normalized spacial score (nSPS) is 11.9. The van der Waals surface area contributed by atoms with E-state index in [1.54, 1.807) is 27.5 Å². The predicted molar refractivity (Wildman–Crippen MR) is 157 cm³/mol. The minimum atomic E-state index is -0.283. The molecule has 0 aliphatic heterocycles. The Labute approximate surface area is 243 Å². The van der Waals surface area contributed by atoms with Gasteiger partial charge in [0.15, 0.2) is 5.65 Å². The van der Waals surface area contributed by atoms with Crippen molar-refractivity contribution in [2.75, 3.05) is 26.2 Å². The molecule has 3 aromatic heterocycles. The maximum absolute atomic E-state index is 12.9. The minimum Gasteiger partial charge on any atom is -0.487 e. The van der Waals surface area contributed by atoms with Crippen molar-refractivity contribution < 1.29 is 9.53 Å². The van der Waals surface area contributed by atoms with E-state index in [4.69, 9.17) is 9.72 Å². The lowest BCUT2D eigenvalue weighted by molar-refractivity contribution is 0.0949. The van der Waals surface area contributed by atoms with Crippen LogP contribution in [0.5, 0.6) is 5.75 Å². The van der Waals surface area contributed by atoms with Gasteiger partial charge in [-0.05, 0) is 66.3 Å². The Morgan fingerprint density at radius 3 is 2.76 bits per heavy atom. The van der Waals surface area contributed by atoms with Crippen LogP contribution in [0.15, 0.2) is 67.3 Å². The van der Waals surface area contributed by atoms with E-state index in [9.17, 15) is 10.1 Å². The highest BCUT2D eigenvalue weighted by Crippen LogP contribution is 2.30. The first kappa shape index (κ1) is 28.4. The van der Waals surface area contributed by atoms with Crippen LogP contribution >= 0.6 is 0 Å². The largest absolute Gasteiger partial charge is 0.487 e. The van der Waals surface area contributed by atoms with Gasteiger partial charge in [0.25, 0.3) is 5.91 Å². The second kappa shape index (κ2) is 13.0. The van der Waals surface area contributed by atoms with Crippen LogP contribution < -0.4 is 10.1 Å². The molecule has 0 radical (unpaired) electrons. The molecule has 12 heteroatoms. The topological polar surface area (TPSA) is 139 Å². The summed E-state index contributed by atoms with van der Waals surface area (Å²) in [4.78, 5) is 20.0. The molecule has 1 amide bonds. The van der Waals surface area contributed by atoms with Crippen molar-refractivity contribution >= 4 is 11.6 Å². The van der Waals surface area contributed by atoms with E-state index in [1.165, 1.54) is 6.33 Å². The third-order valence-electron chi connectivity index (χ3n) is 6.97. The lowest BCUT2D eigenvalue weighted by Crippen LogP contribution is -2.34. The lowest BCUT2D eigenvalue weighted by Gasteiger charge is -2.18. The molecule has 214 valence electrons. The van der Waals surface area contributed by atoms with Gasteiger partial charge >= 0.3 is 0 Å². The van der Waals surface area contributed by atoms with Gasteiger partial charge in [-0.3, -0.25) is 4.79 Å². The number of hydrogen-bond donors (Lipinski definition) is 1. The van der Waals surface area contributed by atoms with E-state index in [0.29, 0.717) is 41.3 Å². The van der Waals surface area contributed by atoms with Crippen LogP contribution in [0.2, 0.25) is 0 Å². The molecule has 2 aromatic carbocycles. The molecule has 1 N–H and O–H groups in total. The number of nitrogens with one attached hydrogen (secondary N) is 1. The van der Waals surface area contributed by atoms with Gasteiger partial charge in [0.05, 0.1) is 24.0 Å². The first-order valence-corrected chi connectivity index (χ1v) is 13.9. The van der Waals surface area contributed by atoms with Crippen LogP contribution in [0.1, 0.15) is 36.7 Å². The quantitative estimate of drug-likeness (QED) is 0.241. The number of carbonyl (C=O) groups excluding carboxylic acids is 1. The Kier molecular flexibility index (Phi) is 8.79. The van der Waals surface area contributed by atoms with Crippen LogP contribution in [-0.2, 0) is 6.54 Å². The molecule has 12 nitrogen and oxygen atoms in total. The highest BCUT2D eigenvalue weighted by atomic mass is 16.5. The Balaban J connectivity index is 1.38. The van der Waals surface area contributed by atoms with Gasteiger partial charge in [-0.2, -0.15) is 10.4 Å². The van der Waals surface area contributed by atoms with Gasteiger partial charge < -0.3 is 15.0 Å². The van der Waals surface area contributed by atoms with E-state index in [1.807, 2.05) is 49.5 Å². The summed E-state index contributed by atoms with van der Waals surface area (Å²) in [6.45, 7) is 9.82. The SMILES string of the molecule is CCN(CC)CCNC(=O)c1cccc(-c2cnn3ccc(-c4ccc(C#N)c(OC(C)Cn5cnnn5)c4)nc23)c1. The first-order chi connectivity index (χ1) is 20.5. The average Bonchev–Trinajstić information content (AvgIpc) is 3.69. The number of aromatic nitrogens is 7. The Morgan fingerprint density at radius 1 is 1.14 bits per heavy atom. The zero-order valence-corrected chi connectivity index (χ0v) is 23.8. The molecule has 1 unspecified atom stereocenters. The number of benzene rings is 2.